The van der Waals surface area contributed by atoms with Crippen molar-refractivity contribution in [3.8, 4) is 0 Å². The van der Waals surface area contributed by atoms with E-state index in [9.17, 15) is 4.79 Å². The summed E-state index contributed by atoms with van der Waals surface area (Å²) in [5, 5.41) is 5.38. The summed E-state index contributed by atoms with van der Waals surface area (Å²) in [4.78, 5) is 26.1. The van der Waals surface area contributed by atoms with Gasteiger partial charge in [0, 0.05) is 42.4 Å². The lowest BCUT2D eigenvalue weighted by Gasteiger charge is -2.08. The Bertz CT molecular complexity index is 1460. The quantitative estimate of drug-likeness (QED) is 0.338. The molecule has 0 bridgehead atoms. The molecule has 7 nitrogen and oxygen atoms in total. The van der Waals surface area contributed by atoms with Gasteiger partial charge >= 0.3 is 0 Å². The number of hydrogen-bond donors (Lipinski definition) is 1. The van der Waals surface area contributed by atoms with Crippen molar-refractivity contribution in [2.75, 3.05) is 5.32 Å². The standard InChI is InChI=1S/C26H24N6OS/c1-18(2)22-5-3-7-24-28-20(16-32(22)24)8-9-21-17-34-26(29-21)30-25(33)23-6-4-14-31(23)15-19-10-12-27-13-11-19/h3-14,16-18H,15H2,1-2H3,(H,29,30,33)/b9-8+. The van der Waals surface area contributed by atoms with Gasteiger partial charge in [0.25, 0.3) is 5.91 Å². The van der Waals surface area contributed by atoms with Crippen LogP contribution in [0.3, 0.4) is 0 Å². The van der Waals surface area contributed by atoms with Crippen molar-refractivity contribution in [1.29, 1.82) is 0 Å². The molecule has 0 atom stereocenters. The molecule has 0 aliphatic heterocycles. The molecule has 170 valence electrons. The first kappa shape index (κ1) is 21.8. The van der Waals surface area contributed by atoms with E-state index in [0.29, 0.717) is 23.3 Å². The van der Waals surface area contributed by atoms with Gasteiger partial charge in [-0.05, 0) is 60.0 Å². The Balaban J connectivity index is 1.28. The number of carbonyl (C=O) groups is 1. The number of imidazole rings is 1. The number of aromatic nitrogens is 5. The second kappa shape index (κ2) is 9.44. The molecule has 0 fully saturated rings. The minimum Gasteiger partial charge on any atom is -0.339 e. The number of rotatable bonds is 7. The number of hydrogen-bond acceptors (Lipinski definition) is 5. The van der Waals surface area contributed by atoms with Crippen molar-refractivity contribution in [2.24, 2.45) is 0 Å². The highest BCUT2D eigenvalue weighted by molar-refractivity contribution is 7.14. The summed E-state index contributed by atoms with van der Waals surface area (Å²) >= 11 is 1.39. The lowest BCUT2D eigenvalue weighted by molar-refractivity contribution is 0.101. The number of nitrogens with one attached hydrogen (secondary N) is 1. The Morgan fingerprint density at radius 1 is 1.06 bits per heavy atom. The smallest absolute Gasteiger partial charge is 0.274 e. The van der Waals surface area contributed by atoms with Gasteiger partial charge < -0.3 is 8.97 Å². The van der Waals surface area contributed by atoms with Crippen LogP contribution in [-0.4, -0.2) is 29.8 Å². The summed E-state index contributed by atoms with van der Waals surface area (Å²) in [6.07, 6.45) is 11.3. The van der Waals surface area contributed by atoms with Crippen molar-refractivity contribution in [3.63, 3.8) is 0 Å². The molecule has 0 unspecified atom stereocenters. The Morgan fingerprint density at radius 2 is 1.88 bits per heavy atom. The van der Waals surface area contributed by atoms with E-state index in [1.54, 1.807) is 18.5 Å². The molecular weight excluding hydrogens is 444 g/mol. The Kier molecular flexibility index (Phi) is 6.05. The zero-order valence-electron chi connectivity index (χ0n) is 18.9. The van der Waals surface area contributed by atoms with Crippen LogP contribution in [0, 0.1) is 0 Å². The minimum atomic E-state index is -0.189. The third-order valence-electron chi connectivity index (χ3n) is 5.47. The fourth-order valence-electron chi connectivity index (χ4n) is 3.80. The second-order valence-corrected chi connectivity index (χ2v) is 9.10. The predicted molar refractivity (Wildman–Crippen MR) is 136 cm³/mol. The van der Waals surface area contributed by atoms with Gasteiger partial charge in [-0.25, -0.2) is 9.97 Å². The number of amides is 1. The van der Waals surface area contributed by atoms with Crippen LogP contribution in [0.5, 0.6) is 0 Å². The van der Waals surface area contributed by atoms with Gasteiger partial charge in [0.15, 0.2) is 5.13 Å². The average molecular weight is 469 g/mol. The third-order valence-corrected chi connectivity index (χ3v) is 6.24. The van der Waals surface area contributed by atoms with Crippen LogP contribution in [0.15, 0.2) is 72.6 Å². The molecule has 0 aliphatic carbocycles. The lowest BCUT2D eigenvalue weighted by atomic mass is 10.1. The molecule has 1 amide bonds. The van der Waals surface area contributed by atoms with Gasteiger partial charge in [-0.2, -0.15) is 0 Å². The van der Waals surface area contributed by atoms with Crippen molar-refractivity contribution < 1.29 is 4.79 Å². The maximum Gasteiger partial charge on any atom is 0.274 e. The Hall–Kier alpha value is -4.04. The average Bonchev–Trinajstić information content (AvgIpc) is 3.57. The summed E-state index contributed by atoms with van der Waals surface area (Å²) in [7, 11) is 0. The van der Waals surface area contributed by atoms with E-state index in [2.05, 4.69) is 44.6 Å². The molecule has 0 radical (unpaired) electrons. The number of nitrogens with zero attached hydrogens (tertiary/aromatic N) is 5. The normalized spacial score (nSPS) is 11.6. The van der Waals surface area contributed by atoms with Gasteiger partial charge in [0.2, 0.25) is 0 Å². The van der Waals surface area contributed by atoms with Crippen LogP contribution in [0.2, 0.25) is 0 Å². The number of anilines is 1. The first-order valence-corrected chi connectivity index (χ1v) is 11.9. The Labute approximate surface area is 201 Å². The minimum absolute atomic E-state index is 0.189. The van der Waals surface area contributed by atoms with Gasteiger partial charge in [-0.1, -0.05) is 19.9 Å². The summed E-state index contributed by atoms with van der Waals surface area (Å²) in [6.45, 7) is 4.94. The molecule has 0 spiro atoms. The third kappa shape index (κ3) is 4.67. The van der Waals surface area contributed by atoms with Crippen LogP contribution in [-0.2, 0) is 6.54 Å². The summed E-state index contributed by atoms with van der Waals surface area (Å²) < 4.78 is 4.03. The van der Waals surface area contributed by atoms with Crippen molar-refractivity contribution in [1.82, 2.24) is 23.9 Å². The lowest BCUT2D eigenvalue weighted by Crippen LogP contribution is -2.17. The molecule has 1 N–H and O–H groups in total. The summed E-state index contributed by atoms with van der Waals surface area (Å²) in [5.74, 6) is 0.218. The molecule has 0 aliphatic rings. The maximum atomic E-state index is 12.9. The van der Waals surface area contributed by atoms with E-state index in [1.807, 2.05) is 64.8 Å². The van der Waals surface area contributed by atoms with E-state index < -0.39 is 0 Å². The topological polar surface area (TPSA) is 77.1 Å². The maximum absolute atomic E-state index is 12.9. The van der Waals surface area contributed by atoms with E-state index in [0.717, 1.165) is 22.6 Å². The Morgan fingerprint density at radius 3 is 2.71 bits per heavy atom. The van der Waals surface area contributed by atoms with Crippen LogP contribution >= 0.6 is 11.3 Å². The summed E-state index contributed by atoms with van der Waals surface area (Å²) in [5.41, 5.74) is 5.43. The fraction of sp³-hybridized carbons (Fsp3) is 0.154. The van der Waals surface area contributed by atoms with E-state index in [-0.39, 0.29) is 5.91 Å². The molecule has 0 saturated carbocycles. The highest BCUT2D eigenvalue weighted by Gasteiger charge is 2.13. The number of fused-ring (bicyclic) bond motifs is 1. The van der Waals surface area contributed by atoms with Gasteiger partial charge in [-0.15, -0.1) is 11.3 Å². The fourth-order valence-corrected chi connectivity index (χ4v) is 4.47. The van der Waals surface area contributed by atoms with Crippen LogP contribution < -0.4 is 5.32 Å². The van der Waals surface area contributed by atoms with Crippen LogP contribution in [0.1, 0.15) is 52.9 Å². The number of carbonyl (C=O) groups excluding carboxylic acids is 1. The first-order valence-electron chi connectivity index (χ1n) is 11.0. The molecule has 5 aromatic rings. The zero-order valence-corrected chi connectivity index (χ0v) is 19.7. The van der Waals surface area contributed by atoms with Crippen LogP contribution in [0.4, 0.5) is 5.13 Å². The van der Waals surface area contributed by atoms with Gasteiger partial charge in [0.1, 0.15) is 11.3 Å². The van der Waals surface area contributed by atoms with Crippen molar-refractivity contribution in [3.05, 3.63) is 101 Å². The van der Waals surface area contributed by atoms with Crippen molar-refractivity contribution in [2.45, 2.75) is 26.3 Å². The van der Waals surface area contributed by atoms with Gasteiger partial charge in [-0.3, -0.25) is 15.1 Å². The molecule has 5 aromatic heterocycles. The van der Waals surface area contributed by atoms with Crippen molar-refractivity contribution >= 4 is 40.2 Å². The SMILES string of the molecule is CC(C)c1cccc2nc(/C=C/c3csc(NC(=O)c4cccn4Cc4ccncc4)n3)cn12. The highest BCUT2D eigenvalue weighted by atomic mass is 32.1. The monoisotopic (exact) mass is 468 g/mol. The molecule has 5 rings (SSSR count). The number of pyridine rings is 2. The zero-order chi connectivity index (χ0) is 23.5. The molecule has 0 saturated heterocycles. The van der Waals surface area contributed by atoms with E-state index in [4.69, 9.17) is 0 Å². The molecule has 8 heteroatoms. The van der Waals surface area contributed by atoms with Gasteiger partial charge in [0.05, 0.1) is 11.4 Å². The summed E-state index contributed by atoms with van der Waals surface area (Å²) in [6, 6.07) is 13.7. The predicted octanol–water partition coefficient (Wildman–Crippen LogP) is 5.58. The molecule has 5 heterocycles. The largest absolute Gasteiger partial charge is 0.339 e. The van der Waals surface area contributed by atoms with E-state index >= 15 is 0 Å². The van der Waals surface area contributed by atoms with E-state index in [1.165, 1.54) is 17.0 Å². The van der Waals surface area contributed by atoms with Crippen LogP contribution in [0.25, 0.3) is 17.8 Å². The molecule has 34 heavy (non-hydrogen) atoms. The second-order valence-electron chi connectivity index (χ2n) is 8.24. The molecular formula is C26H24N6OS. The first-order chi connectivity index (χ1) is 16.6. The highest BCUT2D eigenvalue weighted by Crippen LogP contribution is 2.21. The molecule has 0 aromatic carbocycles. The number of thiazole rings is 1.